The summed E-state index contributed by atoms with van der Waals surface area (Å²) in [5.74, 6) is -0.0314. The molecule has 4 nitrogen and oxygen atoms in total. The van der Waals surface area contributed by atoms with Gasteiger partial charge < -0.3 is 15.3 Å². The first-order chi connectivity index (χ1) is 9.45. The molecule has 1 saturated carbocycles. The number of aryl methyl sites for hydroxylation is 1. The van der Waals surface area contributed by atoms with E-state index in [0.717, 1.165) is 36.9 Å². The second kappa shape index (κ2) is 5.83. The van der Waals surface area contributed by atoms with Crippen LogP contribution >= 0.6 is 0 Å². The summed E-state index contributed by atoms with van der Waals surface area (Å²) < 4.78 is 0. The number of amides is 1. The van der Waals surface area contributed by atoms with Gasteiger partial charge >= 0.3 is 0 Å². The average molecular weight is 276 g/mol. The molecule has 0 radical (unpaired) electrons. The molecule has 1 fully saturated rings. The van der Waals surface area contributed by atoms with Crippen LogP contribution in [0.25, 0.3) is 0 Å². The van der Waals surface area contributed by atoms with Gasteiger partial charge in [0.05, 0.1) is 5.60 Å². The van der Waals surface area contributed by atoms with Gasteiger partial charge in [0.25, 0.3) is 5.91 Å². The van der Waals surface area contributed by atoms with Gasteiger partial charge in [0, 0.05) is 31.9 Å². The minimum Gasteiger partial charge on any atom is -0.388 e. The Labute approximate surface area is 120 Å². The van der Waals surface area contributed by atoms with Crippen molar-refractivity contribution in [2.45, 2.75) is 38.2 Å². The zero-order chi connectivity index (χ0) is 14.8. The Morgan fingerprint density at radius 1 is 1.40 bits per heavy atom. The van der Waals surface area contributed by atoms with Gasteiger partial charge in [-0.3, -0.25) is 4.79 Å². The highest BCUT2D eigenvalue weighted by molar-refractivity contribution is 5.94. The van der Waals surface area contributed by atoms with Crippen LogP contribution in [0, 0.1) is 6.92 Å². The first kappa shape index (κ1) is 14.9. The Morgan fingerprint density at radius 2 is 2.05 bits per heavy atom. The third kappa shape index (κ3) is 3.12. The summed E-state index contributed by atoms with van der Waals surface area (Å²) in [4.78, 5) is 14.1. The summed E-state index contributed by atoms with van der Waals surface area (Å²) in [6.07, 6.45) is 3.69. The van der Waals surface area contributed by atoms with Crippen molar-refractivity contribution in [2.24, 2.45) is 0 Å². The lowest BCUT2D eigenvalue weighted by atomic mass is 10.0. The van der Waals surface area contributed by atoms with E-state index >= 15 is 0 Å². The molecule has 0 saturated heterocycles. The molecule has 0 bridgehead atoms. The van der Waals surface area contributed by atoms with Crippen LogP contribution in [0.2, 0.25) is 0 Å². The summed E-state index contributed by atoms with van der Waals surface area (Å²) in [5.41, 5.74) is 2.06. The van der Waals surface area contributed by atoms with Crippen LogP contribution in [-0.2, 0) is 0 Å². The molecule has 1 aromatic carbocycles. The van der Waals surface area contributed by atoms with Crippen LogP contribution in [0.4, 0.5) is 5.69 Å². The lowest BCUT2D eigenvalue weighted by Gasteiger charge is -2.28. The maximum Gasteiger partial charge on any atom is 0.253 e. The average Bonchev–Trinajstić information content (AvgIpc) is 2.84. The number of anilines is 1. The molecular formula is C16H24N2O2. The van der Waals surface area contributed by atoms with Crippen molar-refractivity contribution in [3.63, 3.8) is 0 Å². The van der Waals surface area contributed by atoms with Crippen molar-refractivity contribution < 1.29 is 9.90 Å². The van der Waals surface area contributed by atoms with E-state index in [0.29, 0.717) is 12.1 Å². The Kier molecular flexibility index (Phi) is 4.33. The molecule has 1 aliphatic rings. The number of aliphatic hydroxyl groups is 1. The zero-order valence-corrected chi connectivity index (χ0v) is 12.6. The fraction of sp³-hybridized carbons (Fsp3) is 0.562. The maximum atomic E-state index is 12.4. The number of hydrogen-bond acceptors (Lipinski definition) is 3. The van der Waals surface area contributed by atoms with Crippen LogP contribution in [0.1, 0.15) is 41.6 Å². The highest BCUT2D eigenvalue weighted by Crippen LogP contribution is 2.30. The SMILES string of the molecule is CNc1ccc(C(=O)N(C)CC2(O)CCCC2)cc1C. The van der Waals surface area contributed by atoms with E-state index in [2.05, 4.69) is 5.32 Å². The van der Waals surface area contributed by atoms with E-state index in [-0.39, 0.29) is 5.91 Å². The first-order valence-electron chi connectivity index (χ1n) is 7.21. The molecule has 4 heteroatoms. The second-order valence-corrected chi connectivity index (χ2v) is 5.87. The maximum absolute atomic E-state index is 12.4. The molecule has 1 amide bonds. The molecule has 20 heavy (non-hydrogen) atoms. The molecule has 2 rings (SSSR count). The van der Waals surface area contributed by atoms with Gasteiger partial charge in [0.15, 0.2) is 0 Å². The van der Waals surface area contributed by atoms with Gasteiger partial charge in [-0.15, -0.1) is 0 Å². The summed E-state index contributed by atoms with van der Waals surface area (Å²) in [6.45, 7) is 2.39. The van der Waals surface area contributed by atoms with E-state index in [1.807, 2.05) is 32.2 Å². The molecule has 0 spiro atoms. The topological polar surface area (TPSA) is 52.6 Å². The lowest BCUT2D eigenvalue weighted by Crippen LogP contribution is -2.42. The molecule has 0 unspecified atom stereocenters. The number of benzene rings is 1. The molecule has 110 valence electrons. The largest absolute Gasteiger partial charge is 0.388 e. The molecule has 0 heterocycles. The third-order valence-electron chi connectivity index (χ3n) is 4.16. The predicted molar refractivity (Wildman–Crippen MR) is 81.1 cm³/mol. The second-order valence-electron chi connectivity index (χ2n) is 5.87. The molecular weight excluding hydrogens is 252 g/mol. The Hall–Kier alpha value is -1.55. The number of nitrogens with zero attached hydrogens (tertiary/aromatic N) is 1. The van der Waals surface area contributed by atoms with Crippen molar-refractivity contribution in [3.05, 3.63) is 29.3 Å². The van der Waals surface area contributed by atoms with Crippen molar-refractivity contribution in [1.82, 2.24) is 4.90 Å². The first-order valence-corrected chi connectivity index (χ1v) is 7.21. The smallest absolute Gasteiger partial charge is 0.253 e. The lowest BCUT2D eigenvalue weighted by molar-refractivity contribution is 0.0157. The van der Waals surface area contributed by atoms with Crippen molar-refractivity contribution in [3.8, 4) is 0 Å². The van der Waals surface area contributed by atoms with Crippen molar-refractivity contribution >= 4 is 11.6 Å². The number of carbonyl (C=O) groups excluding carboxylic acids is 1. The van der Waals surface area contributed by atoms with Crippen LogP contribution in [0.3, 0.4) is 0 Å². The minimum atomic E-state index is -0.690. The predicted octanol–water partition coefficient (Wildman–Crippen LogP) is 2.41. The molecule has 1 aromatic rings. The number of carbonyl (C=O) groups is 1. The van der Waals surface area contributed by atoms with Gasteiger partial charge in [-0.25, -0.2) is 0 Å². The van der Waals surface area contributed by atoms with Crippen LogP contribution in [0.15, 0.2) is 18.2 Å². The molecule has 0 aliphatic heterocycles. The molecule has 1 aliphatic carbocycles. The van der Waals surface area contributed by atoms with Crippen molar-refractivity contribution in [1.29, 1.82) is 0 Å². The summed E-state index contributed by atoms with van der Waals surface area (Å²) >= 11 is 0. The normalized spacial score (nSPS) is 17.0. The van der Waals surface area contributed by atoms with Crippen molar-refractivity contribution in [2.75, 3.05) is 26.0 Å². The van der Waals surface area contributed by atoms with E-state index in [4.69, 9.17) is 0 Å². The van der Waals surface area contributed by atoms with E-state index in [1.165, 1.54) is 0 Å². The minimum absolute atomic E-state index is 0.0314. The fourth-order valence-corrected chi connectivity index (χ4v) is 3.00. The van der Waals surface area contributed by atoms with E-state index in [1.54, 1.807) is 11.9 Å². The summed E-state index contributed by atoms with van der Waals surface area (Å²) in [7, 11) is 3.63. The fourth-order valence-electron chi connectivity index (χ4n) is 3.00. The molecule has 0 atom stereocenters. The molecule has 0 aromatic heterocycles. The highest BCUT2D eigenvalue weighted by atomic mass is 16.3. The summed E-state index contributed by atoms with van der Waals surface area (Å²) in [5, 5.41) is 13.5. The number of rotatable bonds is 4. The number of hydrogen-bond donors (Lipinski definition) is 2. The molecule has 2 N–H and O–H groups in total. The highest BCUT2D eigenvalue weighted by Gasteiger charge is 2.33. The van der Waals surface area contributed by atoms with Crippen LogP contribution in [0.5, 0.6) is 0 Å². The van der Waals surface area contributed by atoms with Crippen LogP contribution in [-0.4, -0.2) is 42.2 Å². The van der Waals surface area contributed by atoms with E-state index < -0.39 is 5.60 Å². The summed E-state index contributed by atoms with van der Waals surface area (Å²) in [6, 6.07) is 5.64. The van der Waals surface area contributed by atoms with Crippen LogP contribution < -0.4 is 5.32 Å². The Morgan fingerprint density at radius 3 is 2.60 bits per heavy atom. The quantitative estimate of drug-likeness (QED) is 0.888. The van der Waals surface area contributed by atoms with Gasteiger partial charge in [-0.2, -0.15) is 0 Å². The number of nitrogens with one attached hydrogen (secondary N) is 1. The van der Waals surface area contributed by atoms with Gasteiger partial charge in [-0.05, 0) is 43.5 Å². The van der Waals surface area contributed by atoms with E-state index in [9.17, 15) is 9.90 Å². The standard InChI is InChI=1S/C16H24N2O2/c1-12-10-13(6-7-14(12)17-2)15(19)18(3)11-16(20)8-4-5-9-16/h6-7,10,17,20H,4-5,8-9,11H2,1-3H3. The van der Waals surface area contributed by atoms with Gasteiger partial charge in [0.1, 0.15) is 0 Å². The Bertz CT molecular complexity index is 493. The van der Waals surface area contributed by atoms with Gasteiger partial charge in [-0.1, -0.05) is 12.8 Å². The monoisotopic (exact) mass is 276 g/mol. The number of likely N-dealkylation sites (N-methyl/N-ethyl adjacent to an activating group) is 1. The van der Waals surface area contributed by atoms with Gasteiger partial charge in [0.2, 0.25) is 0 Å². The zero-order valence-electron chi connectivity index (χ0n) is 12.6. The Balaban J connectivity index is 2.08. The third-order valence-corrected chi connectivity index (χ3v) is 4.16.